The Morgan fingerprint density at radius 2 is 1.86 bits per heavy atom. The van der Waals surface area contributed by atoms with Crippen LogP contribution in [0.25, 0.3) is 22.2 Å². The largest absolute Gasteiger partial charge is 0.493 e. The number of methoxy groups -OCH3 is 2. The zero-order chi connectivity index (χ0) is 25.8. The van der Waals surface area contributed by atoms with Crippen molar-refractivity contribution in [3.63, 3.8) is 0 Å². The number of carbonyl (C=O) groups is 1. The molecule has 0 saturated carbocycles. The predicted octanol–water partition coefficient (Wildman–Crippen LogP) is 2.81. The molecule has 10 nitrogen and oxygen atoms in total. The summed E-state index contributed by atoms with van der Waals surface area (Å²) >= 11 is 0. The van der Waals surface area contributed by atoms with Gasteiger partial charge >= 0.3 is 5.97 Å². The second kappa shape index (κ2) is 10.7. The molecule has 4 aromatic rings. The Kier molecular flexibility index (Phi) is 7.00. The van der Waals surface area contributed by atoms with Crippen molar-refractivity contribution in [2.24, 2.45) is 0 Å². The lowest BCUT2D eigenvalue weighted by atomic mass is 10.1. The normalized spacial score (nSPS) is 15.4. The van der Waals surface area contributed by atoms with Gasteiger partial charge in [-0.3, -0.25) is 0 Å². The van der Waals surface area contributed by atoms with Crippen molar-refractivity contribution >= 4 is 28.8 Å². The van der Waals surface area contributed by atoms with Crippen molar-refractivity contribution in [3.8, 4) is 22.6 Å². The first kappa shape index (κ1) is 24.3. The topological polar surface area (TPSA) is 125 Å². The van der Waals surface area contributed by atoms with Crippen molar-refractivity contribution in [1.82, 2.24) is 20.3 Å². The van der Waals surface area contributed by atoms with E-state index in [1.807, 2.05) is 59.5 Å². The molecule has 0 amide bonds. The molecule has 1 aliphatic heterocycles. The third kappa shape index (κ3) is 5.10. The number of aromatic nitrogens is 3. The first-order valence-corrected chi connectivity index (χ1v) is 11.9. The summed E-state index contributed by atoms with van der Waals surface area (Å²) in [4.78, 5) is 28.5. The predicted molar refractivity (Wildman–Crippen MR) is 141 cm³/mol. The number of benzene rings is 2. The van der Waals surface area contributed by atoms with Gasteiger partial charge in [0.25, 0.3) is 0 Å². The number of rotatable bonds is 7. The quantitative estimate of drug-likeness (QED) is 0.366. The minimum atomic E-state index is -0.584. The van der Waals surface area contributed by atoms with Crippen LogP contribution < -0.4 is 25.4 Å². The van der Waals surface area contributed by atoms with Crippen LogP contribution in [0.1, 0.15) is 5.56 Å². The molecule has 190 valence electrons. The Bertz CT molecular complexity index is 1420. The summed E-state index contributed by atoms with van der Waals surface area (Å²) < 4.78 is 16.5. The standard InChI is InChI=1S/C27H28N6O4/c1-35-22-9-8-18(13-23(22)36-2)19-12-20-24(30-14-19)31-27(28)32-25(20)33-11-10-29-15-21(33)26(34)37-16-17-6-4-3-5-7-17/h3-9,12-14,21,29H,10-11,15-16H2,1-2H3,(H2,28,30,31,32). The monoisotopic (exact) mass is 500 g/mol. The Morgan fingerprint density at radius 1 is 1.05 bits per heavy atom. The molecule has 3 heterocycles. The van der Waals surface area contributed by atoms with E-state index in [9.17, 15) is 4.79 Å². The second-order valence-corrected chi connectivity index (χ2v) is 8.58. The van der Waals surface area contributed by atoms with Crippen LogP contribution in [0.4, 0.5) is 11.8 Å². The van der Waals surface area contributed by atoms with Crippen molar-refractivity contribution in [1.29, 1.82) is 0 Å². The molecule has 10 heteroatoms. The first-order valence-electron chi connectivity index (χ1n) is 11.9. The molecule has 2 aromatic heterocycles. The number of pyridine rings is 1. The van der Waals surface area contributed by atoms with Crippen LogP contribution in [0.3, 0.4) is 0 Å². The van der Waals surface area contributed by atoms with Crippen LogP contribution in [0.2, 0.25) is 0 Å². The summed E-state index contributed by atoms with van der Waals surface area (Å²) in [6.45, 7) is 1.83. The summed E-state index contributed by atoms with van der Waals surface area (Å²) in [5.41, 5.74) is 9.14. The molecule has 0 spiro atoms. The highest BCUT2D eigenvalue weighted by Gasteiger charge is 2.32. The molecule has 0 bridgehead atoms. The van der Waals surface area contributed by atoms with Gasteiger partial charge in [0.2, 0.25) is 5.95 Å². The number of piperazine rings is 1. The van der Waals surface area contributed by atoms with Crippen LogP contribution in [-0.2, 0) is 16.1 Å². The number of nitrogens with one attached hydrogen (secondary N) is 1. The SMILES string of the molecule is COc1ccc(-c2cnc3nc(N)nc(N4CCNCC4C(=O)OCc4ccccc4)c3c2)cc1OC. The number of anilines is 2. The van der Waals surface area contributed by atoms with E-state index in [1.165, 1.54) is 0 Å². The highest BCUT2D eigenvalue weighted by atomic mass is 16.5. The number of nitrogens with zero attached hydrogens (tertiary/aromatic N) is 4. The van der Waals surface area contributed by atoms with Gasteiger partial charge in [0.05, 0.1) is 19.6 Å². The molecular formula is C27H28N6O4. The molecule has 37 heavy (non-hydrogen) atoms. The van der Waals surface area contributed by atoms with Gasteiger partial charge < -0.3 is 30.2 Å². The third-order valence-electron chi connectivity index (χ3n) is 6.28. The average Bonchev–Trinajstić information content (AvgIpc) is 2.95. The number of nitrogen functional groups attached to an aromatic ring is 1. The van der Waals surface area contributed by atoms with Crippen LogP contribution in [0.15, 0.2) is 60.8 Å². The Balaban J connectivity index is 1.50. The minimum absolute atomic E-state index is 0.0869. The minimum Gasteiger partial charge on any atom is -0.493 e. The van der Waals surface area contributed by atoms with Crippen molar-refractivity contribution in [3.05, 3.63) is 66.4 Å². The lowest BCUT2D eigenvalue weighted by Crippen LogP contribution is -2.56. The molecule has 1 saturated heterocycles. The van der Waals surface area contributed by atoms with Gasteiger partial charge in [-0.15, -0.1) is 0 Å². The number of carbonyl (C=O) groups excluding carboxylic acids is 1. The number of hydrogen-bond acceptors (Lipinski definition) is 10. The van der Waals surface area contributed by atoms with Gasteiger partial charge in [0.15, 0.2) is 17.1 Å². The lowest BCUT2D eigenvalue weighted by Gasteiger charge is -2.35. The fourth-order valence-corrected chi connectivity index (χ4v) is 4.40. The van der Waals surface area contributed by atoms with E-state index in [4.69, 9.17) is 19.9 Å². The molecule has 3 N–H and O–H groups in total. The molecule has 1 fully saturated rings. The molecule has 1 atom stereocenters. The van der Waals surface area contributed by atoms with E-state index in [2.05, 4.69) is 20.3 Å². The number of hydrogen-bond donors (Lipinski definition) is 2. The number of nitrogens with two attached hydrogens (primary N) is 1. The van der Waals surface area contributed by atoms with Crippen LogP contribution >= 0.6 is 0 Å². The van der Waals surface area contributed by atoms with Crippen molar-refractivity contribution < 1.29 is 19.0 Å². The molecule has 1 unspecified atom stereocenters. The van der Waals surface area contributed by atoms with Gasteiger partial charge in [0.1, 0.15) is 18.5 Å². The van der Waals surface area contributed by atoms with Gasteiger partial charge in [-0.2, -0.15) is 9.97 Å². The Hall–Kier alpha value is -4.44. The highest BCUT2D eigenvalue weighted by molar-refractivity contribution is 5.93. The second-order valence-electron chi connectivity index (χ2n) is 8.58. The number of fused-ring (bicyclic) bond motifs is 1. The molecule has 1 aliphatic rings. The molecule has 5 rings (SSSR count). The van der Waals surface area contributed by atoms with Crippen molar-refractivity contribution in [2.75, 3.05) is 44.5 Å². The molecular weight excluding hydrogens is 472 g/mol. The summed E-state index contributed by atoms with van der Waals surface area (Å²) in [7, 11) is 3.19. The van der Waals surface area contributed by atoms with Crippen molar-refractivity contribution in [2.45, 2.75) is 12.6 Å². The highest BCUT2D eigenvalue weighted by Crippen LogP contribution is 2.34. The maximum absolute atomic E-state index is 13.2. The van der Waals surface area contributed by atoms with E-state index in [0.29, 0.717) is 48.0 Å². The zero-order valence-corrected chi connectivity index (χ0v) is 20.7. The van der Waals surface area contributed by atoms with Crippen LogP contribution in [0.5, 0.6) is 11.5 Å². The van der Waals surface area contributed by atoms with Crippen LogP contribution in [0, 0.1) is 0 Å². The van der Waals surface area contributed by atoms with E-state index in [1.54, 1.807) is 20.4 Å². The Morgan fingerprint density at radius 3 is 2.65 bits per heavy atom. The van der Waals surface area contributed by atoms with E-state index in [-0.39, 0.29) is 18.5 Å². The number of ether oxygens (including phenoxy) is 3. The van der Waals surface area contributed by atoms with E-state index < -0.39 is 6.04 Å². The summed E-state index contributed by atoms with van der Waals surface area (Å²) in [6.07, 6.45) is 1.73. The third-order valence-corrected chi connectivity index (χ3v) is 6.28. The smallest absolute Gasteiger partial charge is 0.330 e. The Labute approximate surface area is 214 Å². The first-order chi connectivity index (χ1) is 18.1. The van der Waals surface area contributed by atoms with Gasteiger partial charge in [-0.1, -0.05) is 36.4 Å². The maximum Gasteiger partial charge on any atom is 0.330 e. The summed E-state index contributed by atoms with van der Waals surface area (Å²) in [6, 6.07) is 16.6. The van der Waals surface area contributed by atoms with E-state index >= 15 is 0 Å². The summed E-state index contributed by atoms with van der Waals surface area (Å²) in [5, 5.41) is 3.96. The zero-order valence-electron chi connectivity index (χ0n) is 20.7. The molecule has 2 aromatic carbocycles. The van der Waals surface area contributed by atoms with Gasteiger partial charge in [-0.25, -0.2) is 9.78 Å². The number of esters is 1. The lowest BCUT2D eigenvalue weighted by molar-refractivity contribution is -0.146. The average molecular weight is 501 g/mol. The van der Waals surface area contributed by atoms with E-state index in [0.717, 1.165) is 16.7 Å². The van der Waals surface area contributed by atoms with Gasteiger partial charge in [-0.05, 0) is 29.3 Å². The fraction of sp³-hybridized carbons (Fsp3) is 0.259. The maximum atomic E-state index is 13.2. The van der Waals surface area contributed by atoms with Gasteiger partial charge in [0, 0.05) is 31.4 Å². The summed E-state index contributed by atoms with van der Waals surface area (Å²) in [5.74, 6) is 1.53. The molecule has 0 radical (unpaired) electrons. The van der Waals surface area contributed by atoms with Crippen LogP contribution in [-0.4, -0.2) is 60.8 Å². The molecule has 0 aliphatic carbocycles. The fourth-order valence-electron chi connectivity index (χ4n) is 4.40.